The Morgan fingerprint density at radius 1 is 1.26 bits per heavy atom. The number of nitriles is 1. The van der Waals surface area contributed by atoms with E-state index in [2.05, 4.69) is 64.5 Å². The maximum atomic E-state index is 12.5. The fourth-order valence-electron chi connectivity index (χ4n) is 6.37. The van der Waals surface area contributed by atoms with Gasteiger partial charge < -0.3 is 24.3 Å². The lowest BCUT2D eigenvalue weighted by molar-refractivity contribution is -0.124. The zero-order valence-electron chi connectivity index (χ0n) is 24.6. The molecule has 6 rings (SSSR count). The van der Waals surface area contributed by atoms with Gasteiger partial charge in [0.15, 0.2) is 0 Å². The lowest BCUT2D eigenvalue weighted by atomic mass is 9.99. The lowest BCUT2D eigenvalue weighted by Gasteiger charge is -2.37. The number of fused-ring (bicyclic) bond motifs is 2. The monoisotopic (exact) mass is 567 g/mol. The Morgan fingerprint density at radius 3 is 2.88 bits per heavy atom. The zero-order valence-corrected chi connectivity index (χ0v) is 24.6. The summed E-state index contributed by atoms with van der Waals surface area (Å²) < 4.78 is 6.28. The van der Waals surface area contributed by atoms with Crippen molar-refractivity contribution in [1.82, 2.24) is 30.0 Å². The Bertz CT molecular complexity index is 1600. The van der Waals surface area contributed by atoms with Gasteiger partial charge in [0.05, 0.1) is 47.8 Å². The van der Waals surface area contributed by atoms with Crippen LogP contribution in [-0.2, 0) is 17.8 Å². The predicted molar refractivity (Wildman–Crippen MR) is 161 cm³/mol. The van der Waals surface area contributed by atoms with Crippen molar-refractivity contribution in [2.45, 2.75) is 52.1 Å². The summed E-state index contributed by atoms with van der Waals surface area (Å²) in [5.74, 6) is 0.574. The van der Waals surface area contributed by atoms with E-state index >= 15 is 0 Å². The Hall–Kier alpha value is -4.43. The van der Waals surface area contributed by atoms with Gasteiger partial charge in [0, 0.05) is 42.8 Å². The second-order valence-corrected chi connectivity index (χ2v) is 11.4. The quantitative estimate of drug-likeness (QED) is 0.427. The van der Waals surface area contributed by atoms with E-state index in [1.807, 2.05) is 12.4 Å². The summed E-state index contributed by atoms with van der Waals surface area (Å²) in [6, 6.07) is 5.04. The van der Waals surface area contributed by atoms with Crippen molar-refractivity contribution in [3.05, 3.63) is 59.2 Å². The number of benzene rings is 1. The van der Waals surface area contributed by atoms with E-state index < -0.39 is 0 Å². The highest BCUT2D eigenvalue weighted by molar-refractivity contribution is 5.94. The van der Waals surface area contributed by atoms with Gasteiger partial charge in [0.2, 0.25) is 5.91 Å². The number of likely N-dealkylation sites (tertiary alicyclic amines) is 1. The molecular formula is C31H37N9O2. The number of anilines is 2. The molecule has 3 aliphatic rings. The number of aromatic nitrogens is 4. The molecule has 42 heavy (non-hydrogen) atoms. The molecule has 1 aromatic carbocycles. The van der Waals surface area contributed by atoms with E-state index in [9.17, 15) is 10.1 Å². The van der Waals surface area contributed by atoms with Gasteiger partial charge in [-0.15, -0.1) is 0 Å². The normalized spacial score (nSPS) is 19.0. The molecular weight excluding hydrogens is 530 g/mol. The Morgan fingerprint density at radius 2 is 2.12 bits per heavy atom. The van der Waals surface area contributed by atoms with Crippen LogP contribution >= 0.6 is 0 Å². The molecule has 1 saturated heterocycles. The summed E-state index contributed by atoms with van der Waals surface area (Å²) in [5.41, 5.74) is 7.27. The van der Waals surface area contributed by atoms with Crippen LogP contribution in [0, 0.1) is 25.2 Å². The first-order valence-corrected chi connectivity index (χ1v) is 14.6. The molecule has 1 atom stereocenters. The summed E-state index contributed by atoms with van der Waals surface area (Å²) in [4.78, 5) is 30.8. The van der Waals surface area contributed by atoms with Crippen molar-refractivity contribution in [3.8, 4) is 12.1 Å². The Labute approximate surface area is 246 Å². The number of hydrogen-bond acceptors (Lipinski definition) is 9. The number of hydrogen-bond donors (Lipinski definition) is 1. The number of carbonyl (C=O) groups excluding carboxylic acids is 1. The summed E-state index contributed by atoms with van der Waals surface area (Å²) in [6.07, 6.45) is 8.17. The average Bonchev–Trinajstić information content (AvgIpc) is 3.63. The fourth-order valence-corrected chi connectivity index (χ4v) is 6.37. The molecule has 1 N–H and O–H groups in total. The molecule has 0 bridgehead atoms. The van der Waals surface area contributed by atoms with Gasteiger partial charge in [0.25, 0.3) is 0 Å². The molecule has 11 heteroatoms. The van der Waals surface area contributed by atoms with E-state index in [-0.39, 0.29) is 12.3 Å². The smallest absolute Gasteiger partial charge is 0.318 e. The maximum Gasteiger partial charge on any atom is 0.318 e. The lowest BCUT2D eigenvalue weighted by Crippen LogP contribution is -2.42. The minimum atomic E-state index is -0.208. The summed E-state index contributed by atoms with van der Waals surface area (Å²) in [6.45, 7) is 11.9. The number of ether oxygens (including phenoxy) is 1. The van der Waals surface area contributed by atoms with Gasteiger partial charge in [-0.3, -0.25) is 9.89 Å². The predicted octanol–water partition coefficient (Wildman–Crippen LogP) is 3.60. The molecule has 0 saturated carbocycles. The van der Waals surface area contributed by atoms with Crippen molar-refractivity contribution in [2.75, 3.05) is 49.6 Å². The van der Waals surface area contributed by atoms with Crippen LogP contribution in [0.25, 0.3) is 10.9 Å². The van der Waals surface area contributed by atoms with Crippen LogP contribution < -0.4 is 14.5 Å². The van der Waals surface area contributed by atoms with Crippen LogP contribution in [0.2, 0.25) is 0 Å². The van der Waals surface area contributed by atoms with Gasteiger partial charge in [0.1, 0.15) is 12.4 Å². The Balaban J connectivity index is 1.38. The third kappa shape index (κ3) is 5.07. The van der Waals surface area contributed by atoms with Gasteiger partial charge in [-0.25, -0.2) is 0 Å². The number of likely N-dealkylation sites (N-methyl/N-ethyl adjacent to an activating group) is 1. The largest absolute Gasteiger partial charge is 0.462 e. The van der Waals surface area contributed by atoms with Crippen molar-refractivity contribution in [1.29, 1.82) is 5.26 Å². The van der Waals surface area contributed by atoms with Gasteiger partial charge in [-0.2, -0.15) is 20.3 Å². The molecule has 0 aliphatic carbocycles. The number of nitrogens with one attached hydrogen (secondary N) is 1. The molecule has 5 heterocycles. The van der Waals surface area contributed by atoms with Crippen LogP contribution in [-0.4, -0.2) is 81.7 Å². The highest BCUT2D eigenvalue weighted by Gasteiger charge is 2.31. The number of aryl methyl sites for hydroxylation is 1. The van der Waals surface area contributed by atoms with Crippen molar-refractivity contribution in [2.24, 2.45) is 0 Å². The maximum absolute atomic E-state index is 12.5. The number of amides is 1. The number of nitrogens with zero attached hydrogens (tertiary/aromatic N) is 8. The zero-order chi connectivity index (χ0) is 29.4. The minimum absolute atomic E-state index is 0.113. The molecule has 2 aromatic heterocycles. The summed E-state index contributed by atoms with van der Waals surface area (Å²) in [5, 5.41) is 18.0. The first-order valence-electron chi connectivity index (χ1n) is 14.6. The summed E-state index contributed by atoms with van der Waals surface area (Å²) in [7, 11) is 2.13. The second kappa shape index (κ2) is 11.4. The SMILES string of the molecule is C=CC(=O)N1CCN(c2nc(OC[C@@H]3CCCN3C)nc3c2CCN(c2c(C)c(C)cc4[nH]ncc24)C3)C=C1CC#N. The van der Waals surface area contributed by atoms with E-state index in [1.54, 1.807) is 4.90 Å². The molecule has 0 spiro atoms. The molecule has 3 aliphatic heterocycles. The van der Waals surface area contributed by atoms with E-state index in [1.165, 1.54) is 22.9 Å². The standard InChI is InChI=1S/C31H37N9O2/c1-5-28(41)40-14-13-39(17-22(40)8-10-32)30-24-9-12-38(29-21(3)20(2)15-26-25(29)16-33-36-26)18-27(24)34-31(35-30)42-19-23-7-6-11-37(23)4/h5,15-17,23H,1,6-9,11-14,18-19H2,2-4H3,(H,33,36)/t23-/m0/s1. The molecule has 1 amide bonds. The summed E-state index contributed by atoms with van der Waals surface area (Å²) >= 11 is 0. The molecule has 0 radical (unpaired) electrons. The van der Waals surface area contributed by atoms with Crippen molar-refractivity contribution >= 4 is 28.3 Å². The van der Waals surface area contributed by atoms with Crippen LogP contribution in [0.5, 0.6) is 6.01 Å². The number of rotatable bonds is 7. The molecule has 11 nitrogen and oxygen atoms in total. The fraction of sp³-hybridized carbons (Fsp3) is 0.452. The van der Waals surface area contributed by atoms with Crippen molar-refractivity contribution in [3.63, 3.8) is 0 Å². The van der Waals surface area contributed by atoms with Gasteiger partial charge in [-0.05, 0) is 70.0 Å². The first kappa shape index (κ1) is 27.7. The molecule has 1 fully saturated rings. The van der Waals surface area contributed by atoms with Crippen LogP contribution in [0.3, 0.4) is 0 Å². The van der Waals surface area contributed by atoms with E-state index in [0.29, 0.717) is 44.0 Å². The Kier molecular flexibility index (Phi) is 7.56. The van der Waals surface area contributed by atoms with Crippen LogP contribution in [0.1, 0.15) is 41.6 Å². The highest BCUT2D eigenvalue weighted by atomic mass is 16.5. The first-order chi connectivity index (χ1) is 20.4. The molecule has 3 aromatic rings. The third-order valence-electron chi connectivity index (χ3n) is 8.84. The van der Waals surface area contributed by atoms with Crippen LogP contribution in [0.4, 0.5) is 11.5 Å². The minimum Gasteiger partial charge on any atom is -0.462 e. The van der Waals surface area contributed by atoms with Crippen molar-refractivity contribution < 1.29 is 9.53 Å². The molecule has 0 unspecified atom stereocenters. The number of allylic oxidation sites excluding steroid dienone is 1. The average molecular weight is 568 g/mol. The van der Waals surface area contributed by atoms with Crippen LogP contribution in [0.15, 0.2) is 36.8 Å². The molecule has 218 valence electrons. The third-order valence-corrected chi connectivity index (χ3v) is 8.84. The van der Waals surface area contributed by atoms with E-state index in [0.717, 1.165) is 60.3 Å². The van der Waals surface area contributed by atoms with E-state index in [4.69, 9.17) is 14.7 Å². The van der Waals surface area contributed by atoms with Gasteiger partial charge in [-0.1, -0.05) is 6.58 Å². The topological polar surface area (TPSA) is 118 Å². The second-order valence-electron chi connectivity index (χ2n) is 11.4. The highest BCUT2D eigenvalue weighted by Crippen LogP contribution is 2.37. The number of carbonyl (C=O) groups is 1. The van der Waals surface area contributed by atoms with Gasteiger partial charge >= 0.3 is 6.01 Å². The number of aromatic amines is 1. The number of H-pyrrole nitrogens is 1.